The van der Waals surface area contributed by atoms with Crippen molar-refractivity contribution in [1.29, 1.82) is 0 Å². The molecule has 0 spiro atoms. The van der Waals surface area contributed by atoms with E-state index in [1.807, 2.05) is 30.3 Å². The van der Waals surface area contributed by atoms with Gasteiger partial charge in [0, 0.05) is 11.8 Å². The molecule has 0 unspecified atom stereocenters. The predicted molar refractivity (Wildman–Crippen MR) is 98.7 cm³/mol. The molecule has 0 saturated carbocycles. The van der Waals surface area contributed by atoms with Gasteiger partial charge in [-0.3, -0.25) is 9.48 Å². The van der Waals surface area contributed by atoms with Crippen molar-refractivity contribution < 1.29 is 22.7 Å². The van der Waals surface area contributed by atoms with Crippen LogP contribution >= 0.6 is 11.6 Å². The van der Waals surface area contributed by atoms with Crippen LogP contribution in [0, 0.1) is 0 Å². The van der Waals surface area contributed by atoms with Crippen LogP contribution in [0.25, 0.3) is 0 Å². The Balaban J connectivity index is 1.68. The number of hydrogen-bond donors (Lipinski definition) is 1. The Labute approximate surface area is 163 Å². The van der Waals surface area contributed by atoms with Gasteiger partial charge in [-0.2, -0.15) is 18.3 Å². The highest BCUT2D eigenvalue weighted by molar-refractivity contribution is 6.33. The zero-order valence-corrected chi connectivity index (χ0v) is 15.2. The topological polar surface area (TPSA) is 56.2 Å². The third-order valence-corrected chi connectivity index (χ3v) is 3.91. The molecule has 0 aliphatic carbocycles. The number of alkyl halides is 3. The summed E-state index contributed by atoms with van der Waals surface area (Å²) in [6.07, 6.45) is -2.88. The predicted octanol–water partition coefficient (Wildman–Crippen LogP) is 4.78. The molecule has 1 heterocycles. The number of nitrogens with one attached hydrogen (secondary N) is 1. The normalized spacial score (nSPS) is 11.3. The summed E-state index contributed by atoms with van der Waals surface area (Å²) < 4.78 is 43.0. The van der Waals surface area contributed by atoms with Gasteiger partial charge in [0.1, 0.15) is 10.8 Å². The van der Waals surface area contributed by atoms with E-state index >= 15 is 0 Å². The van der Waals surface area contributed by atoms with E-state index in [1.165, 1.54) is 24.3 Å². The minimum Gasteiger partial charge on any atom is -0.484 e. The molecule has 3 rings (SSSR count). The lowest BCUT2D eigenvalue weighted by Crippen LogP contribution is -2.19. The van der Waals surface area contributed by atoms with Gasteiger partial charge in [0.15, 0.2) is 12.4 Å². The third-order valence-electron chi connectivity index (χ3n) is 3.64. The average molecular weight is 410 g/mol. The Morgan fingerprint density at radius 2 is 1.89 bits per heavy atom. The fourth-order valence-corrected chi connectivity index (χ4v) is 2.60. The lowest BCUT2D eigenvalue weighted by Gasteiger charge is -2.10. The van der Waals surface area contributed by atoms with Gasteiger partial charge in [0.25, 0.3) is 5.91 Å². The molecule has 0 aliphatic rings. The van der Waals surface area contributed by atoms with E-state index in [2.05, 4.69) is 15.2 Å². The first kappa shape index (κ1) is 19.8. The number of ether oxygens (including phenoxy) is 1. The van der Waals surface area contributed by atoms with Crippen LogP contribution in [0.4, 0.5) is 19.0 Å². The molecule has 28 heavy (non-hydrogen) atoms. The smallest absolute Gasteiger partial charge is 0.422 e. The van der Waals surface area contributed by atoms with Gasteiger partial charge in [-0.1, -0.05) is 48.0 Å². The highest BCUT2D eigenvalue weighted by Crippen LogP contribution is 2.23. The molecule has 0 saturated heterocycles. The van der Waals surface area contributed by atoms with Crippen LogP contribution in [0.2, 0.25) is 5.02 Å². The molecule has 1 amide bonds. The number of aromatic nitrogens is 2. The average Bonchev–Trinajstić information content (AvgIpc) is 2.99. The van der Waals surface area contributed by atoms with Gasteiger partial charge in [0.05, 0.1) is 6.54 Å². The minimum atomic E-state index is -4.46. The van der Waals surface area contributed by atoms with Crippen molar-refractivity contribution in [2.75, 3.05) is 11.9 Å². The first-order valence-electron chi connectivity index (χ1n) is 8.18. The van der Waals surface area contributed by atoms with Crippen LogP contribution in [0.3, 0.4) is 0 Å². The van der Waals surface area contributed by atoms with Crippen LogP contribution < -0.4 is 10.1 Å². The number of benzene rings is 2. The zero-order valence-electron chi connectivity index (χ0n) is 14.4. The fourth-order valence-electron chi connectivity index (χ4n) is 2.41. The Bertz CT molecular complexity index is 959. The van der Waals surface area contributed by atoms with Crippen LogP contribution in [0.1, 0.15) is 15.9 Å². The second kappa shape index (κ2) is 8.35. The van der Waals surface area contributed by atoms with Crippen molar-refractivity contribution in [2.24, 2.45) is 0 Å². The summed E-state index contributed by atoms with van der Waals surface area (Å²) in [7, 11) is 0. The lowest BCUT2D eigenvalue weighted by molar-refractivity contribution is -0.153. The monoisotopic (exact) mass is 409 g/mol. The first-order valence-corrected chi connectivity index (χ1v) is 8.56. The van der Waals surface area contributed by atoms with E-state index < -0.39 is 18.7 Å². The van der Waals surface area contributed by atoms with Gasteiger partial charge < -0.3 is 10.1 Å². The summed E-state index contributed by atoms with van der Waals surface area (Å²) in [5.74, 6) is -0.473. The number of anilines is 1. The van der Waals surface area contributed by atoms with Crippen LogP contribution in [-0.4, -0.2) is 28.5 Å². The van der Waals surface area contributed by atoms with Crippen LogP contribution in [0.15, 0.2) is 60.8 Å². The Hall–Kier alpha value is -3.00. The van der Waals surface area contributed by atoms with Crippen molar-refractivity contribution in [2.45, 2.75) is 12.7 Å². The van der Waals surface area contributed by atoms with Gasteiger partial charge in [0.2, 0.25) is 0 Å². The van der Waals surface area contributed by atoms with Crippen molar-refractivity contribution in [3.05, 3.63) is 76.9 Å². The molecule has 146 valence electrons. The summed E-state index contributed by atoms with van der Waals surface area (Å²) in [4.78, 5) is 12.4. The van der Waals surface area contributed by atoms with E-state index in [0.717, 1.165) is 5.56 Å². The Morgan fingerprint density at radius 3 is 2.61 bits per heavy atom. The summed E-state index contributed by atoms with van der Waals surface area (Å²) in [6, 6.07) is 15.0. The summed E-state index contributed by atoms with van der Waals surface area (Å²) in [6.45, 7) is -0.967. The molecule has 3 aromatic rings. The number of halogens is 4. The molecular formula is C19H15ClF3N3O2. The van der Waals surface area contributed by atoms with E-state index in [9.17, 15) is 18.0 Å². The first-order chi connectivity index (χ1) is 13.3. The van der Waals surface area contributed by atoms with Crippen molar-refractivity contribution in [1.82, 2.24) is 9.78 Å². The van der Waals surface area contributed by atoms with Crippen molar-refractivity contribution in [3.8, 4) is 5.75 Å². The second-order valence-corrected chi connectivity index (χ2v) is 6.30. The molecule has 2 aromatic carbocycles. The standard InChI is InChI=1S/C19H15ClF3N3O2/c20-16-11-26(10-13-5-2-1-3-6-13)25-17(16)24-18(27)14-7-4-8-15(9-14)28-12-19(21,22)23/h1-9,11H,10,12H2,(H,24,25,27). The summed E-state index contributed by atoms with van der Waals surface area (Å²) in [5.41, 5.74) is 1.13. The molecular weight excluding hydrogens is 395 g/mol. The van der Waals surface area contributed by atoms with E-state index in [-0.39, 0.29) is 22.2 Å². The number of hydrogen-bond acceptors (Lipinski definition) is 3. The van der Waals surface area contributed by atoms with Gasteiger partial charge in [-0.15, -0.1) is 0 Å². The summed E-state index contributed by atoms with van der Waals surface area (Å²) in [5, 5.41) is 7.03. The van der Waals surface area contributed by atoms with E-state index in [4.69, 9.17) is 11.6 Å². The number of nitrogens with zero attached hydrogens (tertiary/aromatic N) is 2. The molecule has 1 N–H and O–H groups in total. The molecule has 5 nitrogen and oxygen atoms in total. The van der Waals surface area contributed by atoms with Gasteiger partial charge >= 0.3 is 6.18 Å². The second-order valence-electron chi connectivity index (χ2n) is 5.89. The van der Waals surface area contributed by atoms with Gasteiger partial charge in [-0.25, -0.2) is 0 Å². The van der Waals surface area contributed by atoms with Crippen LogP contribution in [0.5, 0.6) is 5.75 Å². The molecule has 0 fully saturated rings. The molecule has 0 aliphatic heterocycles. The molecule has 9 heteroatoms. The van der Waals surface area contributed by atoms with E-state index in [0.29, 0.717) is 6.54 Å². The molecule has 1 aromatic heterocycles. The van der Waals surface area contributed by atoms with Crippen molar-refractivity contribution >= 4 is 23.3 Å². The SMILES string of the molecule is O=C(Nc1nn(Cc2ccccc2)cc1Cl)c1cccc(OCC(F)(F)F)c1. The third kappa shape index (κ3) is 5.50. The van der Waals surface area contributed by atoms with Gasteiger partial charge in [-0.05, 0) is 23.8 Å². The number of carbonyl (C=O) groups excluding carboxylic acids is 1. The highest BCUT2D eigenvalue weighted by atomic mass is 35.5. The largest absolute Gasteiger partial charge is 0.484 e. The number of carbonyl (C=O) groups is 1. The molecule has 0 atom stereocenters. The Morgan fingerprint density at radius 1 is 1.14 bits per heavy atom. The van der Waals surface area contributed by atoms with Crippen molar-refractivity contribution in [3.63, 3.8) is 0 Å². The highest BCUT2D eigenvalue weighted by Gasteiger charge is 2.28. The molecule has 0 bridgehead atoms. The maximum atomic E-state index is 12.4. The quantitative estimate of drug-likeness (QED) is 0.637. The Kier molecular flexibility index (Phi) is 5.89. The number of amides is 1. The summed E-state index contributed by atoms with van der Waals surface area (Å²) >= 11 is 6.13. The lowest BCUT2D eigenvalue weighted by atomic mass is 10.2. The van der Waals surface area contributed by atoms with Crippen LogP contribution in [-0.2, 0) is 6.54 Å². The number of rotatable bonds is 6. The zero-order chi connectivity index (χ0) is 20.1. The molecule has 0 radical (unpaired) electrons. The van der Waals surface area contributed by atoms with E-state index in [1.54, 1.807) is 10.9 Å². The minimum absolute atomic E-state index is 0.0642. The maximum Gasteiger partial charge on any atom is 0.422 e. The fraction of sp³-hybridized carbons (Fsp3) is 0.158. The maximum absolute atomic E-state index is 12.4.